The highest BCUT2D eigenvalue weighted by molar-refractivity contribution is 6.34. The molecule has 0 aliphatic heterocycles. The Morgan fingerprint density at radius 2 is 2.06 bits per heavy atom. The number of aryl methyl sites for hydroxylation is 1. The Labute approximate surface area is 115 Å². The number of ether oxygens (including phenoxy) is 1. The zero-order chi connectivity index (χ0) is 13.0. The molecule has 0 saturated carbocycles. The van der Waals surface area contributed by atoms with Crippen LogP contribution < -0.4 is 4.74 Å². The number of fused-ring (bicyclic) bond motifs is 1. The van der Waals surface area contributed by atoms with Crippen molar-refractivity contribution in [3.63, 3.8) is 0 Å². The van der Waals surface area contributed by atoms with E-state index in [9.17, 15) is 0 Å². The molecule has 0 atom stereocenters. The Balaban J connectivity index is 2.21. The molecule has 18 heavy (non-hydrogen) atoms. The van der Waals surface area contributed by atoms with Crippen LogP contribution in [0.1, 0.15) is 12.0 Å². The average Bonchev–Trinajstić information content (AvgIpc) is 2.36. The van der Waals surface area contributed by atoms with Crippen LogP contribution in [0.15, 0.2) is 18.5 Å². The van der Waals surface area contributed by atoms with Crippen LogP contribution >= 0.6 is 23.5 Å². The number of rotatable bonds is 5. The molecule has 2 aromatic rings. The van der Waals surface area contributed by atoms with Crippen molar-refractivity contribution in [2.75, 3.05) is 13.2 Å². The lowest BCUT2D eigenvalue weighted by Gasteiger charge is -2.10. The van der Waals surface area contributed by atoms with Crippen LogP contribution in [-0.2, 0) is 4.29 Å². The Morgan fingerprint density at radius 1 is 1.22 bits per heavy atom. The Bertz CT molecular complexity index is 549. The first-order valence-electron chi connectivity index (χ1n) is 5.49. The van der Waals surface area contributed by atoms with Crippen LogP contribution in [0.3, 0.4) is 0 Å². The molecule has 0 N–H and O–H groups in total. The van der Waals surface area contributed by atoms with E-state index >= 15 is 0 Å². The molecule has 0 amide bonds. The third kappa shape index (κ3) is 3.02. The number of hydrogen-bond acceptors (Lipinski definition) is 4. The topological polar surface area (TPSA) is 44.2 Å². The van der Waals surface area contributed by atoms with Gasteiger partial charge in [0, 0.05) is 17.9 Å². The molecule has 0 bridgehead atoms. The van der Waals surface area contributed by atoms with Crippen molar-refractivity contribution in [2.24, 2.45) is 0 Å². The van der Waals surface area contributed by atoms with Crippen LogP contribution in [0, 0.1) is 6.92 Å². The average molecular weight is 287 g/mol. The second-order valence-corrected chi connectivity index (χ2v) is 4.39. The van der Waals surface area contributed by atoms with E-state index in [1.807, 2.05) is 19.1 Å². The molecule has 0 spiro atoms. The predicted octanol–water partition coefficient (Wildman–Crippen LogP) is 3.53. The van der Waals surface area contributed by atoms with E-state index < -0.39 is 0 Å². The maximum absolute atomic E-state index is 6.00. The van der Waals surface area contributed by atoms with Gasteiger partial charge in [-0.3, -0.25) is 4.29 Å². The van der Waals surface area contributed by atoms with Crippen molar-refractivity contribution in [2.45, 2.75) is 13.3 Å². The first-order valence-corrected chi connectivity index (χ1v) is 6.18. The van der Waals surface area contributed by atoms with Crippen molar-refractivity contribution in [1.82, 2.24) is 9.97 Å². The van der Waals surface area contributed by atoms with Gasteiger partial charge in [0.2, 0.25) is 0 Å². The molecule has 0 unspecified atom stereocenters. The van der Waals surface area contributed by atoms with Crippen molar-refractivity contribution in [3.05, 3.63) is 29.2 Å². The number of aromatic nitrogens is 2. The van der Waals surface area contributed by atoms with E-state index in [4.69, 9.17) is 28.2 Å². The maximum atomic E-state index is 6.00. The van der Waals surface area contributed by atoms with Crippen molar-refractivity contribution < 1.29 is 9.03 Å². The maximum Gasteiger partial charge on any atom is 0.140 e. The lowest BCUT2D eigenvalue weighted by atomic mass is 10.1. The molecule has 1 heterocycles. The van der Waals surface area contributed by atoms with Crippen LogP contribution in [0.4, 0.5) is 0 Å². The Hall–Kier alpha value is -1.10. The molecule has 0 fully saturated rings. The minimum absolute atomic E-state index is 0.449. The van der Waals surface area contributed by atoms with Gasteiger partial charge in [-0.05, 0) is 18.6 Å². The second-order valence-electron chi connectivity index (χ2n) is 3.81. The second kappa shape index (κ2) is 6.18. The first kappa shape index (κ1) is 13.3. The van der Waals surface area contributed by atoms with Crippen LogP contribution in [0.5, 0.6) is 5.75 Å². The molecule has 2 rings (SSSR count). The predicted molar refractivity (Wildman–Crippen MR) is 71.2 cm³/mol. The molecule has 0 radical (unpaired) electrons. The van der Waals surface area contributed by atoms with Gasteiger partial charge < -0.3 is 4.74 Å². The van der Waals surface area contributed by atoms with Crippen LogP contribution in [0.2, 0.25) is 5.15 Å². The quantitative estimate of drug-likeness (QED) is 0.623. The highest BCUT2D eigenvalue weighted by Crippen LogP contribution is 2.27. The SMILES string of the molecule is Cc1cc2c(Cl)ncnc2cc1OCCCOCl. The summed E-state index contributed by atoms with van der Waals surface area (Å²) in [5.74, 6) is 0.784. The molecule has 1 aromatic heterocycles. The molecular weight excluding hydrogens is 275 g/mol. The largest absolute Gasteiger partial charge is 0.493 e. The van der Waals surface area contributed by atoms with Gasteiger partial charge in [0.25, 0.3) is 0 Å². The van der Waals surface area contributed by atoms with Gasteiger partial charge in [0.1, 0.15) is 17.2 Å². The van der Waals surface area contributed by atoms with E-state index in [2.05, 4.69) is 14.3 Å². The van der Waals surface area contributed by atoms with Gasteiger partial charge in [-0.1, -0.05) is 11.6 Å². The summed E-state index contributed by atoms with van der Waals surface area (Å²) in [6.07, 6.45) is 2.16. The van der Waals surface area contributed by atoms with E-state index in [1.165, 1.54) is 6.33 Å². The summed E-state index contributed by atoms with van der Waals surface area (Å²) in [4.78, 5) is 8.11. The van der Waals surface area contributed by atoms with E-state index in [0.29, 0.717) is 18.4 Å². The summed E-state index contributed by atoms with van der Waals surface area (Å²) in [5.41, 5.74) is 1.76. The standard InChI is InChI=1S/C12H12Cl2N2O2/c1-8-5-9-10(15-7-16-12(9)13)6-11(8)17-3-2-4-18-14/h5-7H,2-4H2,1H3. The summed E-state index contributed by atoms with van der Waals surface area (Å²) in [5, 5.41) is 1.28. The van der Waals surface area contributed by atoms with Gasteiger partial charge in [0.05, 0.1) is 30.6 Å². The van der Waals surface area contributed by atoms with Crippen molar-refractivity contribution >= 4 is 34.4 Å². The van der Waals surface area contributed by atoms with Gasteiger partial charge >= 0.3 is 0 Å². The van der Waals surface area contributed by atoms with Gasteiger partial charge in [-0.25, -0.2) is 9.97 Å². The molecule has 1 aromatic carbocycles. The normalized spacial score (nSPS) is 10.8. The number of nitrogens with zero attached hydrogens (tertiary/aromatic N) is 2. The van der Waals surface area contributed by atoms with Gasteiger partial charge in [-0.2, -0.15) is 0 Å². The number of hydrogen-bond donors (Lipinski definition) is 0. The van der Waals surface area contributed by atoms with E-state index in [1.54, 1.807) is 0 Å². The van der Waals surface area contributed by atoms with Crippen molar-refractivity contribution in [1.29, 1.82) is 0 Å². The smallest absolute Gasteiger partial charge is 0.140 e. The monoisotopic (exact) mass is 286 g/mol. The minimum Gasteiger partial charge on any atom is -0.493 e. The number of halogens is 2. The fourth-order valence-corrected chi connectivity index (χ4v) is 1.92. The first-order chi connectivity index (χ1) is 8.72. The molecule has 0 aliphatic rings. The zero-order valence-electron chi connectivity index (χ0n) is 9.82. The van der Waals surface area contributed by atoms with Crippen LogP contribution in [-0.4, -0.2) is 23.2 Å². The fourth-order valence-electron chi connectivity index (χ4n) is 1.61. The third-order valence-electron chi connectivity index (χ3n) is 2.51. The molecule has 6 heteroatoms. The molecule has 4 nitrogen and oxygen atoms in total. The van der Waals surface area contributed by atoms with Gasteiger partial charge in [-0.15, -0.1) is 0 Å². The summed E-state index contributed by atoms with van der Waals surface area (Å²) >= 11 is 11.1. The lowest BCUT2D eigenvalue weighted by Crippen LogP contribution is -2.01. The van der Waals surface area contributed by atoms with Crippen LogP contribution in [0.25, 0.3) is 10.9 Å². The zero-order valence-corrected chi connectivity index (χ0v) is 11.3. The molecule has 96 valence electrons. The number of benzene rings is 1. The molecule has 0 aliphatic carbocycles. The van der Waals surface area contributed by atoms with Gasteiger partial charge in [0.15, 0.2) is 0 Å². The molecule has 0 saturated heterocycles. The Kier molecular flexibility index (Phi) is 4.58. The van der Waals surface area contributed by atoms with E-state index in [0.717, 1.165) is 28.6 Å². The minimum atomic E-state index is 0.449. The van der Waals surface area contributed by atoms with E-state index in [-0.39, 0.29) is 0 Å². The van der Waals surface area contributed by atoms with Crippen molar-refractivity contribution in [3.8, 4) is 5.75 Å². The summed E-state index contributed by atoms with van der Waals surface area (Å²) in [6, 6.07) is 3.78. The summed E-state index contributed by atoms with van der Waals surface area (Å²) in [6.45, 7) is 2.95. The summed E-state index contributed by atoms with van der Waals surface area (Å²) < 4.78 is 10.1. The third-order valence-corrected chi connectivity index (χ3v) is 2.96. The Morgan fingerprint density at radius 3 is 2.83 bits per heavy atom. The highest BCUT2D eigenvalue weighted by Gasteiger charge is 2.07. The highest BCUT2D eigenvalue weighted by atomic mass is 35.5. The fraction of sp³-hybridized carbons (Fsp3) is 0.333. The lowest BCUT2D eigenvalue weighted by molar-refractivity contribution is 0.258. The molecular formula is C12H12Cl2N2O2. The summed E-state index contributed by atoms with van der Waals surface area (Å²) in [7, 11) is 0.